The van der Waals surface area contributed by atoms with Crippen LogP contribution >= 0.6 is 0 Å². The second kappa shape index (κ2) is 8.97. The van der Waals surface area contributed by atoms with Gasteiger partial charge in [0.2, 0.25) is 10.0 Å². The summed E-state index contributed by atoms with van der Waals surface area (Å²) in [6.07, 6.45) is 2.01. The van der Waals surface area contributed by atoms with E-state index in [0.29, 0.717) is 16.8 Å². The van der Waals surface area contributed by atoms with Crippen molar-refractivity contribution < 1.29 is 18.0 Å². The van der Waals surface area contributed by atoms with Crippen molar-refractivity contribution in [3.8, 4) is 0 Å². The van der Waals surface area contributed by atoms with Crippen LogP contribution in [0.15, 0.2) is 47.4 Å². The van der Waals surface area contributed by atoms with Crippen LogP contribution in [-0.2, 0) is 10.0 Å². The quantitative estimate of drug-likeness (QED) is 0.737. The van der Waals surface area contributed by atoms with Crippen LogP contribution in [0.3, 0.4) is 0 Å². The first-order valence-electron chi connectivity index (χ1n) is 10.0. The minimum Gasteiger partial charge on any atom is -0.339 e. The molecule has 160 valence electrons. The zero-order chi connectivity index (χ0) is 21.9. The van der Waals surface area contributed by atoms with Crippen molar-refractivity contribution in [2.75, 3.05) is 18.4 Å². The van der Waals surface area contributed by atoms with E-state index in [1.54, 1.807) is 45.0 Å². The lowest BCUT2D eigenvalue weighted by atomic mass is 10.0. The molecule has 2 aromatic rings. The summed E-state index contributed by atoms with van der Waals surface area (Å²) in [5.41, 5.74) is 2.00. The Kier molecular flexibility index (Phi) is 6.58. The van der Waals surface area contributed by atoms with Gasteiger partial charge in [0, 0.05) is 35.9 Å². The van der Waals surface area contributed by atoms with Gasteiger partial charge in [-0.3, -0.25) is 9.59 Å². The molecule has 0 bridgehead atoms. The van der Waals surface area contributed by atoms with Gasteiger partial charge in [0.15, 0.2) is 0 Å². The topological polar surface area (TPSA) is 95.6 Å². The number of benzene rings is 2. The maximum absolute atomic E-state index is 12.8. The van der Waals surface area contributed by atoms with Gasteiger partial charge in [-0.05, 0) is 69.5 Å². The normalized spacial score (nSPS) is 14.2. The molecule has 1 aliphatic rings. The minimum absolute atomic E-state index is 0.0264. The first-order chi connectivity index (χ1) is 14.2. The molecular weight excluding hydrogens is 402 g/mol. The molecule has 8 heteroatoms. The highest BCUT2D eigenvalue weighted by Crippen LogP contribution is 2.23. The Morgan fingerprint density at radius 2 is 1.70 bits per heavy atom. The molecule has 1 fully saturated rings. The summed E-state index contributed by atoms with van der Waals surface area (Å²) in [7, 11) is -3.70. The monoisotopic (exact) mass is 429 g/mol. The molecular formula is C22H27N3O4S. The van der Waals surface area contributed by atoms with Crippen LogP contribution in [0.5, 0.6) is 0 Å². The molecule has 30 heavy (non-hydrogen) atoms. The summed E-state index contributed by atoms with van der Waals surface area (Å²) in [6, 6.07) is 10.8. The fourth-order valence-electron chi connectivity index (χ4n) is 3.47. The van der Waals surface area contributed by atoms with Crippen LogP contribution in [0, 0.1) is 6.92 Å². The number of likely N-dealkylation sites (tertiary alicyclic amines) is 1. The van der Waals surface area contributed by atoms with Crippen molar-refractivity contribution in [3.05, 3.63) is 59.2 Å². The van der Waals surface area contributed by atoms with Crippen LogP contribution in [0.25, 0.3) is 0 Å². The smallest absolute Gasteiger partial charge is 0.255 e. The van der Waals surface area contributed by atoms with Gasteiger partial charge < -0.3 is 10.2 Å². The van der Waals surface area contributed by atoms with E-state index in [1.165, 1.54) is 18.2 Å². The molecule has 0 spiro atoms. The number of anilines is 1. The molecule has 0 unspecified atom stereocenters. The zero-order valence-corrected chi connectivity index (χ0v) is 18.3. The van der Waals surface area contributed by atoms with Gasteiger partial charge in [0.05, 0.1) is 4.90 Å². The number of carbonyl (C=O) groups is 2. The second-order valence-corrected chi connectivity index (χ2v) is 9.45. The highest BCUT2D eigenvalue weighted by Gasteiger charge is 2.22. The van der Waals surface area contributed by atoms with E-state index < -0.39 is 15.9 Å². The number of amides is 2. The molecule has 1 heterocycles. The summed E-state index contributed by atoms with van der Waals surface area (Å²) in [4.78, 5) is 27.4. The molecule has 0 aliphatic carbocycles. The first kappa shape index (κ1) is 22.0. The summed E-state index contributed by atoms with van der Waals surface area (Å²) in [5.74, 6) is -0.473. The Morgan fingerprint density at radius 1 is 1.03 bits per heavy atom. The van der Waals surface area contributed by atoms with Crippen molar-refractivity contribution in [3.63, 3.8) is 0 Å². The van der Waals surface area contributed by atoms with E-state index in [9.17, 15) is 18.0 Å². The SMILES string of the molecule is Cc1c(NC(=O)c2cccc(S(=O)(=O)NC(C)C)c2)cccc1C(=O)N1CCCC1. The van der Waals surface area contributed by atoms with Crippen LogP contribution in [0.1, 0.15) is 53.0 Å². The lowest BCUT2D eigenvalue weighted by Gasteiger charge is -2.18. The second-order valence-electron chi connectivity index (χ2n) is 7.74. The Balaban J connectivity index is 1.82. The molecule has 0 saturated carbocycles. The van der Waals surface area contributed by atoms with E-state index in [4.69, 9.17) is 0 Å². The molecule has 7 nitrogen and oxygen atoms in total. The third-order valence-electron chi connectivity index (χ3n) is 5.00. The lowest BCUT2D eigenvalue weighted by Crippen LogP contribution is -2.30. The van der Waals surface area contributed by atoms with E-state index >= 15 is 0 Å². The van der Waals surface area contributed by atoms with Gasteiger partial charge in [-0.2, -0.15) is 0 Å². The summed E-state index contributed by atoms with van der Waals surface area (Å²) >= 11 is 0. The Labute approximate surface area is 177 Å². The Hall–Kier alpha value is -2.71. The van der Waals surface area contributed by atoms with E-state index in [0.717, 1.165) is 25.9 Å². The standard InChI is InChI=1S/C22H27N3O4S/c1-15(2)24-30(28,29)18-9-6-8-17(14-18)21(26)23-20-11-7-10-19(16(20)3)22(27)25-12-4-5-13-25/h6-11,14-15,24H,4-5,12-13H2,1-3H3,(H,23,26). The van der Waals surface area contributed by atoms with Crippen LogP contribution in [0.2, 0.25) is 0 Å². The van der Waals surface area contributed by atoms with Gasteiger partial charge in [-0.1, -0.05) is 12.1 Å². The summed E-state index contributed by atoms with van der Waals surface area (Å²) < 4.78 is 27.3. The van der Waals surface area contributed by atoms with Crippen molar-refractivity contribution in [1.29, 1.82) is 0 Å². The van der Waals surface area contributed by atoms with E-state index in [-0.39, 0.29) is 22.4 Å². The molecule has 0 radical (unpaired) electrons. The lowest BCUT2D eigenvalue weighted by molar-refractivity contribution is 0.0791. The van der Waals surface area contributed by atoms with Gasteiger partial charge in [-0.25, -0.2) is 13.1 Å². The van der Waals surface area contributed by atoms with Crippen molar-refractivity contribution in [1.82, 2.24) is 9.62 Å². The van der Waals surface area contributed by atoms with Gasteiger partial charge in [0.1, 0.15) is 0 Å². The summed E-state index contributed by atoms with van der Waals surface area (Å²) in [6.45, 7) is 6.76. The predicted molar refractivity (Wildman–Crippen MR) is 116 cm³/mol. The van der Waals surface area contributed by atoms with Gasteiger partial charge >= 0.3 is 0 Å². The molecule has 1 aliphatic heterocycles. The van der Waals surface area contributed by atoms with Crippen LogP contribution in [-0.4, -0.2) is 44.3 Å². The molecule has 0 atom stereocenters. The third kappa shape index (κ3) is 4.88. The van der Waals surface area contributed by atoms with Crippen LogP contribution < -0.4 is 10.0 Å². The van der Waals surface area contributed by atoms with Gasteiger partial charge in [0.25, 0.3) is 11.8 Å². The van der Waals surface area contributed by atoms with Crippen molar-refractivity contribution in [2.24, 2.45) is 0 Å². The number of sulfonamides is 1. The van der Waals surface area contributed by atoms with E-state index in [1.807, 2.05) is 4.90 Å². The number of carbonyl (C=O) groups excluding carboxylic acids is 2. The molecule has 2 N–H and O–H groups in total. The average Bonchev–Trinajstić information content (AvgIpc) is 3.23. The number of nitrogens with zero attached hydrogens (tertiary/aromatic N) is 1. The maximum Gasteiger partial charge on any atom is 0.255 e. The van der Waals surface area contributed by atoms with Gasteiger partial charge in [-0.15, -0.1) is 0 Å². The highest BCUT2D eigenvalue weighted by molar-refractivity contribution is 7.89. The van der Waals surface area contributed by atoms with E-state index in [2.05, 4.69) is 10.0 Å². The zero-order valence-electron chi connectivity index (χ0n) is 17.4. The average molecular weight is 430 g/mol. The largest absolute Gasteiger partial charge is 0.339 e. The molecule has 2 aromatic carbocycles. The fraction of sp³-hybridized carbons (Fsp3) is 0.364. The maximum atomic E-state index is 12.8. The number of nitrogens with one attached hydrogen (secondary N) is 2. The molecule has 0 aromatic heterocycles. The third-order valence-corrected chi connectivity index (χ3v) is 6.66. The number of hydrogen-bond acceptors (Lipinski definition) is 4. The van der Waals surface area contributed by atoms with Crippen molar-refractivity contribution in [2.45, 2.75) is 44.6 Å². The molecule has 2 amide bonds. The summed E-state index contributed by atoms with van der Waals surface area (Å²) in [5, 5.41) is 2.81. The number of rotatable bonds is 6. The fourth-order valence-corrected chi connectivity index (χ4v) is 4.77. The predicted octanol–water partition coefficient (Wildman–Crippen LogP) is 3.17. The Bertz CT molecular complexity index is 1060. The van der Waals surface area contributed by atoms with Crippen LogP contribution in [0.4, 0.5) is 5.69 Å². The minimum atomic E-state index is -3.70. The Morgan fingerprint density at radius 3 is 2.37 bits per heavy atom. The first-order valence-corrected chi connectivity index (χ1v) is 11.5. The molecule has 1 saturated heterocycles. The molecule has 3 rings (SSSR count). The highest BCUT2D eigenvalue weighted by atomic mass is 32.2. The van der Waals surface area contributed by atoms with Crippen molar-refractivity contribution >= 4 is 27.5 Å². The number of hydrogen-bond donors (Lipinski definition) is 2.